The Hall–Kier alpha value is 1.27. The molecule has 0 aromatic carbocycles. The number of carbonyl (C=O) groups excluding carboxylic acids is 1. The normalized spacial score (nSPS) is 59.6. The summed E-state index contributed by atoms with van der Waals surface area (Å²) in [5.41, 5.74) is 0. The first-order valence-corrected chi connectivity index (χ1v) is 9.57. The first-order valence-electron chi connectivity index (χ1n) is 6.22. The van der Waals surface area contributed by atoms with Gasteiger partial charge in [0.05, 0.1) is 5.03 Å². The minimum Gasteiger partial charge on any atom is -0.291 e. The van der Waals surface area contributed by atoms with Gasteiger partial charge in [-0.25, -0.2) is 0 Å². The van der Waals surface area contributed by atoms with E-state index in [-0.39, 0.29) is 38.4 Å². The largest absolute Gasteiger partial charge is 0.291 e. The minimum atomic E-state index is -1.26. The molecule has 0 aliphatic heterocycles. The van der Waals surface area contributed by atoms with Gasteiger partial charge in [-0.2, -0.15) is 0 Å². The molecule has 2 bridgehead atoms. The second-order valence-electron chi connectivity index (χ2n) is 5.86. The second kappa shape index (κ2) is 4.21. The lowest BCUT2D eigenvalue weighted by atomic mass is 9.46. The highest BCUT2D eigenvalue weighted by atomic mass is 79.9. The van der Waals surface area contributed by atoms with E-state index in [1.54, 1.807) is 0 Å². The van der Waals surface area contributed by atoms with Gasteiger partial charge < -0.3 is 0 Å². The summed E-state index contributed by atoms with van der Waals surface area (Å²) >= 11 is 33.4. The van der Waals surface area contributed by atoms with E-state index in [0.29, 0.717) is 10.7 Å². The van der Waals surface area contributed by atoms with Crippen LogP contribution in [0.3, 0.4) is 0 Å². The molecule has 0 heterocycles. The molecule has 0 unspecified atom stereocenters. The molecule has 0 spiro atoms. The van der Waals surface area contributed by atoms with Gasteiger partial charge in [0, 0.05) is 21.5 Å². The van der Waals surface area contributed by atoms with E-state index in [4.69, 9.17) is 46.4 Å². The molecule has 0 N–H and O–H groups in total. The fourth-order valence-corrected chi connectivity index (χ4v) is 8.33. The second-order valence-corrected chi connectivity index (χ2v) is 9.92. The molecule has 108 valence electrons. The maximum atomic E-state index is 12.6. The zero-order valence-corrected chi connectivity index (χ0v) is 16.0. The summed E-state index contributed by atoms with van der Waals surface area (Å²) in [4.78, 5) is 10.8. The number of rotatable bonds is 0. The molecular formula is C13H8Br2Cl4O. The number of hydrogen-bond acceptors (Lipinski definition) is 1. The lowest BCUT2D eigenvalue weighted by Crippen LogP contribution is -2.74. The van der Waals surface area contributed by atoms with Crippen molar-refractivity contribution in [2.75, 3.05) is 0 Å². The molecule has 0 saturated heterocycles. The van der Waals surface area contributed by atoms with Crippen LogP contribution >= 0.6 is 78.3 Å². The predicted molar refractivity (Wildman–Crippen MR) is 89.4 cm³/mol. The third-order valence-corrected chi connectivity index (χ3v) is 11.0. The van der Waals surface area contributed by atoms with Crippen LogP contribution in [0.5, 0.6) is 0 Å². The van der Waals surface area contributed by atoms with Crippen LogP contribution < -0.4 is 0 Å². The number of ketones is 1. The topological polar surface area (TPSA) is 17.1 Å². The van der Waals surface area contributed by atoms with Crippen molar-refractivity contribution in [3.63, 3.8) is 0 Å². The zero-order chi connectivity index (χ0) is 14.6. The zero-order valence-electron chi connectivity index (χ0n) is 9.79. The number of Topliss-reactive ketones (excluding diaryl/α,β-unsaturated/α-hetero) is 1. The quantitative estimate of drug-likeness (QED) is 0.359. The molecule has 0 aromatic rings. The van der Waals surface area contributed by atoms with Crippen molar-refractivity contribution in [1.82, 2.24) is 0 Å². The third-order valence-electron chi connectivity index (χ3n) is 5.33. The van der Waals surface area contributed by atoms with Crippen molar-refractivity contribution in [2.24, 2.45) is 23.7 Å². The van der Waals surface area contributed by atoms with E-state index in [9.17, 15) is 4.79 Å². The third kappa shape index (κ3) is 1.27. The Morgan fingerprint density at radius 3 is 1.90 bits per heavy atom. The molecule has 7 heteroatoms. The van der Waals surface area contributed by atoms with Crippen molar-refractivity contribution in [3.8, 4) is 0 Å². The molecule has 5 aliphatic carbocycles. The maximum Gasteiger partial charge on any atom is 0.199 e. The maximum absolute atomic E-state index is 12.6. The van der Waals surface area contributed by atoms with E-state index >= 15 is 0 Å². The van der Waals surface area contributed by atoms with E-state index in [1.165, 1.54) is 0 Å². The summed E-state index contributed by atoms with van der Waals surface area (Å²) in [7, 11) is 0. The monoisotopic (exact) mass is 478 g/mol. The van der Waals surface area contributed by atoms with Crippen LogP contribution in [0.15, 0.2) is 22.2 Å². The van der Waals surface area contributed by atoms with E-state index in [1.807, 2.05) is 6.08 Å². The Morgan fingerprint density at radius 2 is 1.40 bits per heavy atom. The average molecular weight is 482 g/mol. The Bertz CT molecular complexity index is 605. The number of alkyl halides is 4. The highest BCUT2D eigenvalue weighted by Gasteiger charge is 2.79. The van der Waals surface area contributed by atoms with Crippen molar-refractivity contribution in [2.45, 2.75) is 19.4 Å². The van der Waals surface area contributed by atoms with Gasteiger partial charge in [0.25, 0.3) is 0 Å². The first-order chi connectivity index (χ1) is 9.27. The molecule has 5 rings (SSSR count). The number of halogens is 6. The van der Waals surface area contributed by atoms with Crippen LogP contribution in [-0.4, -0.2) is 25.2 Å². The lowest BCUT2D eigenvalue weighted by molar-refractivity contribution is -0.122. The van der Waals surface area contributed by atoms with Crippen LogP contribution in [-0.2, 0) is 4.79 Å². The average Bonchev–Trinajstić information content (AvgIpc) is 2.60. The molecule has 20 heavy (non-hydrogen) atoms. The van der Waals surface area contributed by atoms with Gasteiger partial charge in [0.1, 0.15) is 14.8 Å². The van der Waals surface area contributed by atoms with Crippen LogP contribution in [0.25, 0.3) is 0 Å². The van der Waals surface area contributed by atoms with Crippen molar-refractivity contribution >= 4 is 84.0 Å². The van der Waals surface area contributed by atoms with Gasteiger partial charge >= 0.3 is 0 Å². The van der Waals surface area contributed by atoms with Crippen LogP contribution in [0.2, 0.25) is 0 Å². The molecule has 1 nitrogen and oxygen atoms in total. The predicted octanol–water partition coefficient (Wildman–Crippen LogP) is 4.80. The Balaban J connectivity index is 1.96. The Morgan fingerprint density at radius 1 is 0.950 bits per heavy atom. The van der Waals surface area contributed by atoms with Crippen molar-refractivity contribution < 1.29 is 4.79 Å². The molecular weight excluding hydrogens is 474 g/mol. The van der Waals surface area contributed by atoms with Crippen LogP contribution in [0.1, 0.15) is 0 Å². The molecule has 5 aliphatic rings. The van der Waals surface area contributed by atoms with Gasteiger partial charge in [-0.05, 0) is 11.8 Å². The van der Waals surface area contributed by atoms with Crippen molar-refractivity contribution in [1.29, 1.82) is 0 Å². The van der Waals surface area contributed by atoms with Gasteiger partial charge in [0.2, 0.25) is 0 Å². The molecule has 2 fully saturated rings. The molecule has 2 saturated carbocycles. The molecule has 0 radical (unpaired) electrons. The number of carbonyl (C=O) groups is 1. The fourth-order valence-electron chi connectivity index (χ4n) is 4.40. The van der Waals surface area contributed by atoms with Gasteiger partial charge in [-0.15, -0.1) is 23.2 Å². The fraction of sp³-hybridized carbons (Fsp3) is 0.615. The summed E-state index contributed by atoms with van der Waals surface area (Å²) < 4.78 is 0. The van der Waals surface area contributed by atoms with Gasteiger partial charge in [0.15, 0.2) is 5.78 Å². The van der Waals surface area contributed by atoms with Gasteiger partial charge in [-0.3, -0.25) is 4.79 Å². The summed E-state index contributed by atoms with van der Waals surface area (Å²) in [6.07, 6.45) is 4.07. The highest BCUT2D eigenvalue weighted by Crippen LogP contribution is 2.73. The summed E-state index contributed by atoms with van der Waals surface area (Å²) in [6.45, 7) is 0. The summed E-state index contributed by atoms with van der Waals surface area (Å²) in [5.74, 6) is -0.0103. The number of hydrogen-bond donors (Lipinski definition) is 0. The summed E-state index contributed by atoms with van der Waals surface area (Å²) in [5, 5.41) is 0.199. The number of allylic oxidation sites excluding steroid dienone is 4. The smallest absolute Gasteiger partial charge is 0.199 e. The molecule has 8 atom stereocenters. The Labute approximate surface area is 153 Å². The molecule has 0 amide bonds. The minimum absolute atomic E-state index is 0.00564. The summed E-state index contributed by atoms with van der Waals surface area (Å²) in [6, 6.07) is 0. The SMILES string of the molecule is O=C1C(Cl)=C(Cl)[C@]2(Cl)[C@@H]3C=C[C@H]([C@H]4[C@@H](Br)[C@@H](Br)[C@@H]43)[C@@]12Cl. The standard InChI is InChI=1S/C13H8Br2Cl4O/c14-7-5-3-1-2-4(6(5)8(7)15)13(19)11(20)9(16)10(17)12(3,13)18/h1-8H/t3-,4-,5-,6-,7+,8-,12-,13-/m1/s1. The van der Waals surface area contributed by atoms with Gasteiger partial charge in [-0.1, -0.05) is 67.2 Å². The van der Waals surface area contributed by atoms with E-state index < -0.39 is 9.75 Å². The molecule has 0 aromatic heterocycles. The van der Waals surface area contributed by atoms with Crippen molar-refractivity contribution in [3.05, 3.63) is 22.2 Å². The van der Waals surface area contributed by atoms with E-state index in [2.05, 4.69) is 37.9 Å². The first kappa shape index (κ1) is 14.8. The highest BCUT2D eigenvalue weighted by molar-refractivity contribution is 9.12. The Kier molecular flexibility index (Phi) is 3.13. The van der Waals surface area contributed by atoms with Crippen LogP contribution in [0.4, 0.5) is 0 Å². The van der Waals surface area contributed by atoms with E-state index in [0.717, 1.165) is 0 Å². The lowest BCUT2D eigenvalue weighted by Gasteiger charge is -2.66. The van der Waals surface area contributed by atoms with Crippen LogP contribution in [0, 0.1) is 23.7 Å².